The summed E-state index contributed by atoms with van der Waals surface area (Å²) in [4.78, 5) is 26.7. The van der Waals surface area contributed by atoms with Crippen molar-refractivity contribution in [3.8, 4) is 0 Å². The fourth-order valence-corrected chi connectivity index (χ4v) is 2.61. The molecule has 4 heteroatoms. The van der Waals surface area contributed by atoms with Crippen LogP contribution in [0.5, 0.6) is 0 Å². The number of nitrogens with zero attached hydrogens (tertiary/aromatic N) is 1. The van der Waals surface area contributed by atoms with Crippen LogP contribution in [0.3, 0.4) is 0 Å². The number of carbonyl (C=O) groups excluding carboxylic acids is 2. The number of aryl methyl sites for hydroxylation is 2. The molecule has 1 aliphatic heterocycles. The van der Waals surface area contributed by atoms with Crippen LogP contribution in [0.4, 0.5) is 0 Å². The summed E-state index contributed by atoms with van der Waals surface area (Å²) in [6, 6.07) is 6.19. The minimum atomic E-state index is -0.857. The molecule has 0 aromatic heterocycles. The second kappa shape index (κ2) is 4.86. The molecule has 0 atom stereocenters. The van der Waals surface area contributed by atoms with Gasteiger partial charge in [-0.15, -0.1) is 0 Å². The molecule has 21 heavy (non-hydrogen) atoms. The fourth-order valence-electron chi connectivity index (χ4n) is 2.61. The average molecular weight is 288 g/mol. The van der Waals surface area contributed by atoms with Crippen molar-refractivity contribution in [3.05, 3.63) is 34.9 Å². The predicted molar refractivity (Wildman–Crippen MR) is 82.8 cm³/mol. The molecule has 2 amide bonds. The number of piperazine rings is 1. The van der Waals surface area contributed by atoms with E-state index >= 15 is 0 Å². The topological polar surface area (TPSA) is 49.4 Å². The van der Waals surface area contributed by atoms with Gasteiger partial charge in [-0.3, -0.25) is 9.59 Å². The van der Waals surface area contributed by atoms with E-state index in [9.17, 15) is 9.59 Å². The van der Waals surface area contributed by atoms with Crippen molar-refractivity contribution in [1.29, 1.82) is 0 Å². The van der Waals surface area contributed by atoms with Gasteiger partial charge in [-0.1, -0.05) is 23.8 Å². The number of carbonyl (C=O) groups is 2. The molecule has 2 rings (SSSR count). The molecule has 0 bridgehead atoms. The molecule has 1 heterocycles. The molecule has 0 unspecified atom stereocenters. The SMILES string of the molecule is Cc1ccc(C)c(CN2C(=O)C(C)(C)NC(=O)C2(C)C)c1. The van der Waals surface area contributed by atoms with Gasteiger partial charge in [0.1, 0.15) is 11.1 Å². The zero-order chi connectivity index (χ0) is 16.0. The molecule has 1 aromatic rings. The molecule has 0 saturated carbocycles. The Hall–Kier alpha value is -1.84. The summed E-state index contributed by atoms with van der Waals surface area (Å²) in [6.45, 7) is 11.6. The first-order valence-electron chi connectivity index (χ1n) is 7.26. The third-order valence-electron chi connectivity index (χ3n) is 4.27. The normalized spacial score (nSPS) is 20.4. The molecule has 0 spiro atoms. The van der Waals surface area contributed by atoms with Gasteiger partial charge in [-0.2, -0.15) is 0 Å². The lowest BCUT2D eigenvalue weighted by Gasteiger charge is -2.47. The van der Waals surface area contributed by atoms with E-state index in [0.717, 1.165) is 16.7 Å². The molecule has 1 fully saturated rings. The van der Waals surface area contributed by atoms with Crippen molar-refractivity contribution in [2.45, 2.75) is 59.2 Å². The van der Waals surface area contributed by atoms with E-state index < -0.39 is 11.1 Å². The van der Waals surface area contributed by atoms with Crippen molar-refractivity contribution >= 4 is 11.8 Å². The molecular formula is C17H24N2O2. The lowest BCUT2D eigenvalue weighted by atomic mass is 9.89. The van der Waals surface area contributed by atoms with Gasteiger partial charge in [0.15, 0.2) is 0 Å². The summed E-state index contributed by atoms with van der Waals surface area (Å²) in [7, 11) is 0. The zero-order valence-corrected chi connectivity index (χ0v) is 13.7. The summed E-state index contributed by atoms with van der Waals surface area (Å²) in [5.41, 5.74) is 1.67. The van der Waals surface area contributed by atoms with E-state index in [1.807, 2.05) is 13.8 Å². The minimum Gasteiger partial charge on any atom is -0.340 e. The smallest absolute Gasteiger partial charge is 0.248 e. The highest BCUT2D eigenvalue weighted by Gasteiger charge is 2.49. The van der Waals surface area contributed by atoms with E-state index in [2.05, 4.69) is 23.5 Å². The quantitative estimate of drug-likeness (QED) is 0.908. The summed E-state index contributed by atoms with van der Waals surface area (Å²) >= 11 is 0. The second-order valence-electron chi connectivity index (χ2n) is 6.96. The summed E-state index contributed by atoms with van der Waals surface area (Å²) in [5.74, 6) is -0.162. The monoisotopic (exact) mass is 288 g/mol. The van der Waals surface area contributed by atoms with Gasteiger partial charge in [0, 0.05) is 6.54 Å². The van der Waals surface area contributed by atoms with Crippen molar-refractivity contribution in [2.75, 3.05) is 0 Å². The third kappa shape index (κ3) is 2.67. The second-order valence-corrected chi connectivity index (χ2v) is 6.96. The van der Waals surface area contributed by atoms with Gasteiger partial charge >= 0.3 is 0 Å². The molecule has 4 nitrogen and oxygen atoms in total. The van der Waals surface area contributed by atoms with Crippen molar-refractivity contribution in [1.82, 2.24) is 10.2 Å². The van der Waals surface area contributed by atoms with Crippen LogP contribution in [0.15, 0.2) is 18.2 Å². The van der Waals surface area contributed by atoms with Gasteiger partial charge in [0.25, 0.3) is 0 Å². The highest BCUT2D eigenvalue weighted by Crippen LogP contribution is 2.28. The Morgan fingerprint density at radius 2 is 1.71 bits per heavy atom. The summed E-state index contributed by atoms with van der Waals surface area (Å²) in [5, 5.41) is 2.81. The number of hydrogen-bond acceptors (Lipinski definition) is 2. The first kappa shape index (κ1) is 15.5. The molecule has 1 saturated heterocycles. The van der Waals surface area contributed by atoms with Crippen LogP contribution in [0, 0.1) is 13.8 Å². The summed E-state index contributed by atoms with van der Waals surface area (Å²) in [6.07, 6.45) is 0. The Labute approximate surface area is 126 Å². The maximum absolute atomic E-state index is 12.7. The van der Waals surface area contributed by atoms with Crippen LogP contribution in [-0.4, -0.2) is 27.8 Å². The van der Waals surface area contributed by atoms with E-state index in [0.29, 0.717) is 6.54 Å². The van der Waals surface area contributed by atoms with Crippen LogP contribution < -0.4 is 5.32 Å². The lowest BCUT2D eigenvalue weighted by Crippen LogP contribution is -2.71. The Morgan fingerprint density at radius 3 is 2.33 bits per heavy atom. The Balaban J connectivity index is 2.41. The molecule has 0 radical (unpaired) electrons. The maximum Gasteiger partial charge on any atom is 0.248 e. The van der Waals surface area contributed by atoms with E-state index in [4.69, 9.17) is 0 Å². The Kier molecular flexibility index (Phi) is 3.60. The van der Waals surface area contributed by atoms with Crippen molar-refractivity contribution in [2.24, 2.45) is 0 Å². The number of rotatable bonds is 2. The highest BCUT2D eigenvalue weighted by atomic mass is 16.2. The van der Waals surface area contributed by atoms with Crippen LogP contribution in [0.25, 0.3) is 0 Å². The molecule has 114 valence electrons. The first-order chi connectivity index (χ1) is 9.55. The molecule has 1 aliphatic rings. The van der Waals surface area contributed by atoms with E-state index in [1.54, 1.807) is 32.6 Å². The number of amides is 2. The first-order valence-corrected chi connectivity index (χ1v) is 7.26. The van der Waals surface area contributed by atoms with Crippen molar-refractivity contribution < 1.29 is 9.59 Å². The van der Waals surface area contributed by atoms with E-state index in [-0.39, 0.29) is 11.8 Å². The lowest BCUT2D eigenvalue weighted by molar-refractivity contribution is -0.160. The van der Waals surface area contributed by atoms with Gasteiger partial charge < -0.3 is 10.2 Å². The number of nitrogens with one attached hydrogen (secondary N) is 1. The van der Waals surface area contributed by atoms with Crippen molar-refractivity contribution in [3.63, 3.8) is 0 Å². The minimum absolute atomic E-state index is 0.0481. The number of hydrogen-bond donors (Lipinski definition) is 1. The molecule has 0 aliphatic carbocycles. The third-order valence-corrected chi connectivity index (χ3v) is 4.27. The highest BCUT2D eigenvalue weighted by molar-refractivity contribution is 6.01. The zero-order valence-electron chi connectivity index (χ0n) is 13.7. The van der Waals surface area contributed by atoms with E-state index in [1.165, 1.54) is 0 Å². The maximum atomic E-state index is 12.7. The Bertz CT molecular complexity index is 603. The van der Waals surface area contributed by atoms with Crippen LogP contribution in [0.1, 0.15) is 44.4 Å². The Morgan fingerprint density at radius 1 is 1.10 bits per heavy atom. The largest absolute Gasteiger partial charge is 0.340 e. The standard InChI is InChI=1S/C17H24N2O2/c1-11-7-8-12(2)13(9-11)10-19-15(21)16(3,4)18-14(20)17(19,5)6/h7-9H,10H2,1-6H3,(H,18,20). The van der Waals surface area contributed by atoms with Crippen LogP contribution in [-0.2, 0) is 16.1 Å². The van der Waals surface area contributed by atoms with Gasteiger partial charge in [0.05, 0.1) is 0 Å². The fraction of sp³-hybridized carbons (Fsp3) is 0.529. The number of benzene rings is 1. The van der Waals surface area contributed by atoms with Crippen LogP contribution in [0.2, 0.25) is 0 Å². The molecule has 1 N–H and O–H groups in total. The van der Waals surface area contributed by atoms with Gasteiger partial charge in [0.2, 0.25) is 11.8 Å². The predicted octanol–water partition coefficient (Wildman–Crippen LogP) is 2.32. The van der Waals surface area contributed by atoms with Gasteiger partial charge in [-0.25, -0.2) is 0 Å². The van der Waals surface area contributed by atoms with Gasteiger partial charge in [-0.05, 0) is 52.7 Å². The average Bonchev–Trinajstić information content (AvgIpc) is 2.36. The summed E-state index contributed by atoms with van der Waals surface area (Å²) < 4.78 is 0. The molecule has 1 aromatic carbocycles. The van der Waals surface area contributed by atoms with Crippen LogP contribution >= 0.6 is 0 Å². The molecular weight excluding hydrogens is 264 g/mol.